The molecule has 3 heterocycles. The van der Waals surface area contributed by atoms with Crippen LogP contribution in [0.4, 0.5) is 5.82 Å². The fourth-order valence-corrected chi connectivity index (χ4v) is 4.81. The molecule has 23 heavy (non-hydrogen) atoms. The van der Waals surface area contributed by atoms with Crippen LogP contribution in [-0.2, 0) is 16.4 Å². The molecule has 0 spiro atoms. The molecule has 0 aliphatic carbocycles. The van der Waals surface area contributed by atoms with Crippen LogP contribution < -0.4 is 4.31 Å². The van der Waals surface area contributed by atoms with Gasteiger partial charge in [-0.3, -0.25) is 0 Å². The van der Waals surface area contributed by atoms with Gasteiger partial charge in [0.2, 0.25) is 0 Å². The number of benzene rings is 1. The molecule has 6 nitrogen and oxygen atoms in total. The molecule has 0 atom stereocenters. The number of para-hydroxylation sites is 1. The Kier molecular flexibility index (Phi) is 2.96. The van der Waals surface area contributed by atoms with Crippen LogP contribution in [0.3, 0.4) is 0 Å². The highest BCUT2D eigenvalue weighted by Gasteiger charge is 2.36. The second kappa shape index (κ2) is 4.79. The molecule has 4 rings (SSSR count). The van der Waals surface area contributed by atoms with Crippen LogP contribution in [0.1, 0.15) is 17.0 Å². The molecule has 7 heteroatoms. The number of hydrogen-bond acceptors (Lipinski definition) is 5. The second-order valence-electron chi connectivity index (χ2n) is 5.64. The van der Waals surface area contributed by atoms with Crippen molar-refractivity contribution in [2.75, 3.05) is 10.8 Å². The van der Waals surface area contributed by atoms with Crippen molar-refractivity contribution in [3.63, 3.8) is 0 Å². The molecule has 0 N–H and O–H groups in total. The van der Waals surface area contributed by atoms with Gasteiger partial charge < -0.3 is 4.52 Å². The van der Waals surface area contributed by atoms with Gasteiger partial charge in [-0.15, -0.1) is 0 Å². The van der Waals surface area contributed by atoms with E-state index in [1.165, 1.54) is 4.31 Å². The van der Waals surface area contributed by atoms with Crippen LogP contribution in [0.15, 0.2) is 39.8 Å². The summed E-state index contributed by atoms with van der Waals surface area (Å²) in [5.74, 6) is 0.806. The van der Waals surface area contributed by atoms with Crippen molar-refractivity contribution >= 4 is 26.7 Å². The molecule has 0 bridgehead atoms. The van der Waals surface area contributed by atoms with Gasteiger partial charge in [0.25, 0.3) is 10.0 Å². The van der Waals surface area contributed by atoms with Gasteiger partial charge in [-0.05, 0) is 38.0 Å². The van der Waals surface area contributed by atoms with E-state index in [0.29, 0.717) is 30.2 Å². The van der Waals surface area contributed by atoms with E-state index in [4.69, 9.17) is 4.52 Å². The molecule has 0 fully saturated rings. The SMILES string of the molecule is Cc1noc(C)c1S(=O)(=O)N1CCc2cc3ccccc3nc21. The van der Waals surface area contributed by atoms with Crippen molar-refractivity contribution in [3.8, 4) is 0 Å². The number of hydrogen-bond donors (Lipinski definition) is 0. The fraction of sp³-hybridized carbons (Fsp3) is 0.250. The van der Waals surface area contributed by atoms with Crippen molar-refractivity contribution in [1.29, 1.82) is 0 Å². The minimum Gasteiger partial charge on any atom is -0.360 e. The van der Waals surface area contributed by atoms with Gasteiger partial charge in [0, 0.05) is 11.9 Å². The normalized spacial score (nSPS) is 14.4. The predicted molar refractivity (Wildman–Crippen MR) is 86.0 cm³/mol. The van der Waals surface area contributed by atoms with Crippen LogP contribution in [0.2, 0.25) is 0 Å². The zero-order valence-electron chi connectivity index (χ0n) is 12.8. The summed E-state index contributed by atoms with van der Waals surface area (Å²) in [4.78, 5) is 4.71. The number of nitrogens with zero attached hydrogens (tertiary/aromatic N) is 3. The van der Waals surface area contributed by atoms with E-state index in [1.807, 2.05) is 30.3 Å². The smallest absolute Gasteiger partial charge is 0.270 e. The summed E-state index contributed by atoms with van der Waals surface area (Å²) in [6.07, 6.45) is 0.649. The van der Waals surface area contributed by atoms with Gasteiger partial charge >= 0.3 is 0 Å². The largest absolute Gasteiger partial charge is 0.360 e. The van der Waals surface area contributed by atoms with Crippen LogP contribution in [0, 0.1) is 13.8 Å². The summed E-state index contributed by atoms with van der Waals surface area (Å²) >= 11 is 0. The summed E-state index contributed by atoms with van der Waals surface area (Å²) in [7, 11) is -3.72. The fourth-order valence-electron chi connectivity index (χ4n) is 3.06. The van der Waals surface area contributed by atoms with Crippen molar-refractivity contribution in [2.45, 2.75) is 25.2 Å². The van der Waals surface area contributed by atoms with Crippen molar-refractivity contribution in [2.24, 2.45) is 0 Å². The van der Waals surface area contributed by atoms with Crippen LogP contribution in [-0.4, -0.2) is 25.1 Å². The quantitative estimate of drug-likeness (QED) is 0.722. The molecule has 1 aliphatic heterocycles. The highest BCUT2D eigenvalue weighted by molar-refractivity contribution is 7.93. The molecule has 118 valence electrons. The lowest BCUT2D eigenvalue weighted by molar-refractivity contribution is 0.390. The zero-order chi connectivity index (χ0) is 16.2. The molecule has 1 aliphatic rings. The van der Waals surface area contributed by atoms with E-state index in [-0.39, 0.29) is 4.90 Å². The van der Waals surface area contributed by atoms with E-state index in [2.05, 4.69) is 10.1 Å². The maximum absolute atomic E-state index is 13.0. The average Bonchev–Trinajstić information content (AvgIpc) is 3.08. The lowest BCUT2D eigenvalue weighted by Crippen LogP contribution is -2.30. The third-order valence-corrected chi connectivity index (χ3v) is 6.15. The first-order chi connectivity index (χ1) is 11.0. The Morgan fingerprint density at radius 2 is 2.00 bits per heavy atom. The van der Waals surface area contributed by atoms with E-state index >= 15 is 0 Å². The van der Waals surface area contributed by atoms with Gasteiger partial charge in [0.15, 0.2) is 10.7 Å². The molecular formula is C16H15N3O3S. The van der Waals surface area contributed by atoms with Gasteiger partial charge in [-0.1, -0.05) is 23.4 Å². The highest BCUT2D eigenvalue weighted by Crippen LogP contribution is 2.35. The molecule has 0 saturated carbocycles. The third-order valence-electron chi connectivity index (χ3n) is 4.12. The van der Waals surface area contributed by atoms with Gasteiger partial charge in [-0.2, -0.15) is 0 Å². The number of rotatable bonds is 2. The number of aromatic nitrogens is 2. The second-order valence-corrected chi connectivity index (χ2v) is 7.44. The minimum atomic E-state index is -3.72. The Hall–Kier alpha value is -2.41. The monoisotopic (exact) mass is 329 g/mol. The first-order valence-corrected chi connectivity index (χ1v) is 8.77. The molecule has 0 amide bonds. The Labute approximate surface area is 133 Å². The van der Waals surface area contributed by atoms with Crippen LogP contribution >= 0.6 is 0 Å². The molecule has 0 radical (unpaired) electrons. The topological polar surface area (TPSA) is 76.3 Å². The molecule has 3 aromatic rings. The first kappa shape index (κ1) is 14.2. The third kappa shape index (κ3) is 2.03. The summed E-state index contributed by atoms with van der Waals surface area (Å²) < 4.78 is 32.4. The molecule has 0 unspecified atom stereocenters. The standard InChI is InChI=1S/C16H15N3O3S/c1-10-15(11(2)22-18-10)23(20,21)19-8-7-13-9-12-5-3-4-6-14(12)17-16(13)19/h3-6,9H,7-8H2,1-2H3. The summed E-state index contributed by atoms with van der Waals surface area (Å²) in [5.41, 5.74) is 2.10. The Bertz CT molecular complexity index is 1000. The van der Waals surface area contributed by atoms with Crippen molar-refractivity contribution < 1.29 is 12.9 Å². The van der Waals surface area contributed by atoms with E-state index in [1.54, 1.807) is 13.8 Å². The molecule has 1 aromatic carbocycles. The van der Waals surface area contributed by atoms with Gasteiger partial charge in [-0.25, -0.2) is 17.7 Å². The number of sulfonamides is 1. The number of fused-ring (bicyclic) bond motifs is 2. The number of pyridine rings is 1. The molecule has 2 aromatic heterocycles. The maximum atomic E-state index is 13.0. The Balaban J connectivity index is 1.89. The van der Waals surface area contributed by atoms with Crippen LogP contribution in [0.25, 0.3) is 10.9 Å². The summed E-state index contributed by atoms with van der Waals surface area (Å²) in [5, 5.41) is 4.78. The number of aryl methyl sites for hydroxylation is 2. The van der Waals surface area contributed by atoms with Crippen molar-refractivity contribution in [1.82, 2.24) is 10.1 Å². The molecule has 0 saturated heterocycles. The van der Waals surface area contributed by atoms with E-state index in [0.717, 1.165) is 16.5 Å². The average molecular weight is 329 g/mol. The summed E-state index contributed by atoms with van der Waals surface area (Å²) in [6.45, 7) is 3.62. The van der Waals surface area contributed by atoms with Gasteiger partial charge in [0.05, 0.1) is 5.52 Å². The lowest BCUT2D eigenvalue weighted by Gasteiger charge is -2.18. The van der Waals surface area contributed by atoms with E-state index < -0.39 is 10.0 Å². The molecular weight excluding hydrogens is 314 g/mol. The Morgan fingerprint density at radius 1 is 1.22 bits per heavy atom. The maximum Gasteiger partial charge on any atom is 0.270 e. The highest BCUT2D eigenvalue weighted by atomic mass is 32.2. The predicted octanol–water partition coefficient (Wildman–Crippen LogP) is 2.59. The lowest BCUT2D eigenvalue weighted by atomic mass is 10.1. The zero-order valence-corrected chi connectivity index (χ0v) is 13.6. The first-order valence-electron chi connectivity index (χ1n) is 7.33. The summed E-state index contributed by atoms with van der Waals surface area (Å²) in [6, 6.07) is 9.72. The number of anilines is 1. The van der Waals surface area contributed by atoms with E-state index in [9.17, 15) is 8.42 Å². The van der Waals surface area contributed by atoms with Gasteiger partial charge in [0.1, 0.15) is 11.5 Å². The Morgan fingerprint density at radius 3 is 2.74 bits per heavy atom. The van der Waals surface area contributed by atoms with Crippen molar-refractivity contribution in [3.05, 3.63) is 47.3 Å². The van der Waals surface area contributed by atoms with Crippen LogP contribution in [0.5, 0.6) is 0 Å². The minimum absolute atomic E-state index is 0.139.